The highest BCUT2D eigenvalue weighted by Crippen LogP contribution is 2.25. The van der Waals surface area contributed by atoms with Crippen molar-refractivity contribution in [2.45, 2.75) is 25.9 Å². The summed E-state index contributed by atoms with van der Waals surface area (Å²) in [4.78, 5) is 28.1. The van der Waals surface area contributed by atoms with Crippen molar-refractivity contribution >= 4 is 11.8 Å². The number of hydrogen-bond donors (Lipinski definition) is 1. The number of likely N-dealkylation sites (N-methyl/N-ethyl adjacent to an activating group) is 1. The van der Waals surface area contributed by atoms with Crippen molar-refractivity contribution in [3.8, 4) is 0 Å². The van der Waals surface area contributed by atoms with Crippen molar-refractivity contribution < 1.29 is 9.59 Å². The fourth-order valence-electron chi connectivity index (χ4n) is 3.35. The molecule has 0 aliphatic rings. The molecule has 1 atom stereocenters. The summed E-state index contributed by atoms with van der Waals surface area (Å²) >= 11 is 0. The lowest BCUT2D eigenvalue weighted by atomic mass is 10.0. The number of nitrogens with one attached hydrogen (secondary N) is 1. The van der Waals surface area contributed by atoms with Crippen molar-refractivity contribution in [3.63, 3.8) is 0 Å². The molecule has 0 saturated heterocycles. The molecule has 29 heavy (non-hydrogen) atoms. The van der Waals surface area contributed by atoms with Crippen molar-refractivity contribution in [1.29, 1.82) is 0 Å². The van der Waals surface area contributed by atoms with Crippen LogP contribution in [0.15, 0.2) is 91.0 Å². The van der Waals surface area contributed by atoms with E-state index in [1.165, 1.54) is 0 Å². The van der Waals surface area contributed by atoms with Gasteiger partial charge in [0.2, 0.25) is 11.8 Å². The molecule has 2 amide bonds. The molecule has 4 heteroatoms. The van der Waals surface area contributed by atoms with E-state index in [-0.39, 0.29) is 18.2 Å². The van der Waals surface area contributed by atoms with Gasteiger partial charge in [-0.05, 0) is 23.6 Å². The third kappa shape index (κ3) is 5.55. The summed E-state index contributed by atoms with van der Waals surface area (Å²) in [5.74, 6) is -0.254. The molecule has 0 heterocycles. The Bertz CT molecular complexity index is 911. The van der Waals surface area contributed by atoms with Gasteiger partial charge in [0.25, 0.3) is 0 Å². The van der Waals surface area contributed by atoms with E-state index >= 15 is 0 Å². The van der Waals surface area contributed by atoms with Gasteiger partial charge in [-0.1, -0.05) is 91.0 Å². The van der Waals surface area contributed by atoms with E-state index in [0.29, 0.717) is 13.1 Å². The largest absolute Gasteiger partial charge is 0.354 e. The van der Waals surface area contributed by atoms with Crippen LogP contribution in [0.4, 0.5) is 0 Å². The quantitative estimate of drug-likeness (QED) is 0.633. The maximum Gasteiger partial charge on any atom is 0.247 e. The van der Waals surface area contributed by atoms with Crippen LogP contribution in [-0.2, 0) is 22.6 Å². The maximum absolute atomic E-state index is 13.4. The van der Waals surface area contributed by atoms with E-state index in [1.54, 1.807) is 4.90 Å². The summed E-state index contributed by atoms with van der Waals surface area (Å²) in [7, 11) is 0. The summed E-state index contributed by atoms with van der Waals surface area (Å²) in [6.07, 6.45) is 0.246. The minimum Gasteiger partial charge on any atom is -0.354 e. The zero-order valence-electron chi connectivity index (χ0n) is 16.6. The molecule has 148 valence electrons. The Balaban J connectivity index is 1.97. The van der Waals surface area contributed by atoms with Gasteiger partial charge < -0.3 is 10.2 Å². The van der Waals surface area contributed by atoms with Crippen LogP contribution in [0.2, 0.25) is 0 Å². The molecule has 0 fully saturated rings. The predicted octanol–water partition coefficient (Wildman–Crippen LogP) is 4.14. The van der Waals surface area contributed by atoms with Gasteiger partial charge in [0.1, 0.15) is 6.04 Å². The smallest absolute Gasteiger partial charge is 0.247 e. The zero-order valence-corrected chi connectivity index (χ0v) is 16.6. The summed E-state index contributed by atoms with van der Waals surface area (Å²) in [6, 6.07) is 28.2. The van der Waals surface area contributed by atoms with Crippen LogP contribution in [0.3, 0.4) is 0 Å². The second-order valence-corrected chi connectivity index (χ2v) is 6.88. The van der Waals surface area contributed by atoms with Gasteiger partial charge in [-0.2, -0.15) is 0 Å². The first kappa shape index (κ1) is 20.3. The average Bonchev–Trinajstić information content (AvgIpc) is 2.76. The fourth-order valence-corrected chi connectivity index (χ4v) is 3.35. The summed E-state index contributed by atoms with van der Waals surface area (Å²) in [6.45, 7) is 2.75. The molecule has 0 spiro atoms. The van der Waals surface area contributed by atoms with Gasteiger partial charge in [0.05, 0.1) is 6.42 Å². The first-order valence-electron chi connectivity index (χ1n) is 9.89. The Kier molecular flexibility index (Phi) is 7.17. The normalized spacial score (nSPS) is 11.5. The van der Waals surface area contributed by atoms with Gasteiger partial charge in [0.15, 0.2) is 0 Å². The first-order chi connectivity index (χ1) is 14.2. The van der Waals surface area contributed by atoms with E-state index in [2.05, 4.69) is 5.32 Å². The molecule has 0 aliphatic heterocycles. The lowest BCUT2D eigenvalue weighted by Crippen LogP contribution is -2.44. The lowest BCUT2D eigenvalue weighted by molar-refractivity contribution is -0.141. The molecule has 3 aromatic rings. The Morgan fingerprint density at radius 3 is 1.86 bits per heavy atom. The van der Waals surface area contributed by atoms with E-state index in [4.69, 9.17) is 0 Å². The standard InChI is InChI=1S/C25H26N2O2/c1-2-26-25(29)24(22-16-10-5-11-17-22)27(19-21-14-8-4-9-15-21)23(28)18-20-12-6-3-7-13-20/h3-17,24H,2,18-19H2,1H3,(H,26,29)/t24-/m1/s1. The molecular weight excluding hydrogens is 360 g/mol. The van der Waals surface area contributed by atoms with Gasteiger partial charge in [-0.25, -0.2) is 0 Å². The molecular formula is C25H26N2O2. The Labute approximate surface area is 172 Å². The van der Waals surface area contributed by atoms with E-state index in [0.717, 1.165) is 16.7 Å². The monoisotopic (exact) mass is 386 g/mol. The second kappa shape index (κ2) is 10.2. The van der Waals surface area contributed by atoms with Crippen LogP contribution in [-0.4, -0.2) is 23.3 Å². The zero-order chi connectivity index (χ0) is 20.5. The molecule has 4 nitrogen and oxygen atoms in total. The van der Waals surface area contributed by atoms with Gasteiger partial charge in [-0.15, -0.1) is 0 Å². The third-order valence-electron chi connectivity index (χ3n) is 4.74. The maximum atomic E-state index is 13.4. The Hall–Kier alpha value is -3.40. The minimum atomic E-state index is -0.687. The molecule has 1 N–H and O–H groups in total. The summed E-state index contributed by atoms with van der Waals surface area (Å²) in [5, 5.41) is 2.90. The average molecular weight is 386 g/mol. The third-order valence-corrected chi connectivity index (χ3v) is 4.74. The van der Waals surface area contributed by atoms with Crippen LogP contribution < -0.4 is 5.32 Å². The molecule has 3 rings (SSSR count). The van der Waals surface area contributed by atoms with Crippen LogP contribution in [0.25, 0.3) is 0 Å². The number of amides is 2. The molecule has 3 aromatic carbocycles. The lowest BCUT2D eigenvalue weighted by Gasteiger charge is -2.31. The summed E-state index contributed by atoms with van der Waals surface area (Å²) < 4.78 is 0. The van der Waals surface area contributed by atoms with Crippen molar-refractivity contribution in [1.82, 2.24) is 10.2 Å². The number of carbonyl (C=O) groups is 2. The van der Waals surface area contributed by atoms with Crippen molar-refractivity contribution in [2.75, 3.05) is 6.54 Å². The number of benzene rings is 3. The molecule has 0 radical (unpaired) electrons. The number of rotatable bonds is 8. The molecule has 0 aromatic heterocycles. The molecule has 0 bridgehead atoms. The van der Waals surface area contributed by atoms with Gasteiger partial charge in [0, 0.05) is 13.1 Å². The second-order valence-electron chi connectivity index (χ2n) is 6.88. The first-order valence-corrected chi connectivity index (χ1v) is 9.89. The van der Waals surface area contributed by atoms with Crippen LogP contribution in [0, 0.1) is 0 Å². The topological polar surface area (TPSA) is 49.4 Å². The molecule has 0 aliphatic carbocycles. The van der Waals surface area contributed by atoms with Crippen molar-refractivity contribution in [3.05, 3.63) is 108 Å². The number of nitrogens with zero attached hydrogens (tertiary/aromatic N) is 1. The highest BCUT2D eigenvalue weighted by Gasteiger charge is 2.31. The summed E-state index contributed by atoms with van der Waals surface area (Å²) in [5.41, 5.74) is 2.72. The highest BCUT2D eigenvalue weighted by molar-refractivity contribution is 5.89. The van der Waals surface area contributed by atoms with Gasteiger partial charge in [-0.3, -0.25) is 9.59 Å². The van der Waals surface area contributed by atoms with E-state index < -0.39 is 6.04 Å². The van der Waals surface area contributed by atoms with Crippen LogP contribution in [0.1, 0.15) is 29.7 Å². The molecule has 0 saturated carbocycles. The molecule has 0 unspecified atom stereocenters. The highest BCUT2D eigenvalue weighted by atomic mass is 16.2. The van der Waals surface area contributed by atoms with E-state index in [1.807, 2.05) is 97.9 Å². The van der Waals surface area contributed by atoms with Crippen LogP contribution >= 0.6 is 0 Å². The minimum absolute atomic E-state index is 0.0832. The Morgan fingerprint density at radius 1 is 0.793 bits per heavy atom. The fraction of sp³-hybridized carbons (Fsp3) is 0.200. The van der Waals surface area contributed by atoms with Crippen molar-refractivity contribution in [2.24, 2.45) is 0 Å². The Morgan fingerprint density at radius 2 is 1.31 bits per heavy atom. The number of hydrogen-bond acceptors (Lipinski definition) is 2. The number of carbonyl (C=O) groups excluding carboxylic acids is 2. The van der Waals surface area contributed by atoms with Crippen LogP contribution in [0.5, 0.6) is 0 Å². The predicted molar refractivity (Wildman–Crippen MR) is 115 cm³/mol. The SMILES string of the molecule is CCNC(=O)[C@@H](c1ccccc1)N(Cc1ccccc1)C(=O)Cc1ccccc1. The van der Waals surface area contributed by atoms with E-state index in [9.17, 15) is 9.59 Å². The van der Waals surface area contributed by atoms with Gasteiger partial charge >= 0.3 is 0 Å².